The molecule has 116 valence electrons. The quantitative estimate of drug-likeness (QED) is 0.689. The van der Waals surface area contributed by atoms with Gasteiger partial charge in [-0.1, -0.05) is 38.1 Å². The Hall–Kier alpha value is -2.37. The number of aromatic amines is 1. The first-order valence-corrected chi connectivity index (χ1v) is 6.94. The van der Waals surface area contributed by atoms with E-state index in [9.17, 15) is 13.2 Å². The molecule has 6 heteroatoms. The number of aryl methyl sites for hydroxylation is 1. The minimum Gasteiger partial charge on any atom is -0.337 e. The Morgan fingerprint density at radius 2 is 1.77 bits per heavy atom. The number of hydrogen-bond donors (Lipinski definition) is 1. The van der Waals surface area contributed by atoms with Gasteiger partial charge in [-0.3, -0.25) is 0 Å². The highest BCUT2D eigenvalue weighted by atomic mass is 19.4. The zero-order valence-corrected chi connectivity index (χ0v) is 12.5. The van der Waals surface area contributed by atoms with Crippen molar-refractivity contribution >= 4 is 11.2 Å². The van der Waals surface area contributed by atoms with Gasteiger partial charge in [0.15, 0.2) is 5.65 Å². The molecular weight excluding hydrogens is 291 g/mol. The van der Waals surface area contributed by atoms with Crippen molar-refractivity contribution in [2.24, 2.45) is 0 Å². The van der Waals surface area contributed by atoms with Gasteiger partial charge in [0.1, 0.15) is 5.82 Å². The Balaban J connectivity index is 0.000000847. The largest absolute Gasteiger partial charge is 0.417 e. The molecule has 2 heterocycles. The van der Waals surface area contributed by atoms with Crippen LogP contribution < -0.4 is 0 Å². The van der Waals surface area contributed by atoms with Crippen molar-refractivity contribution in [1.82, 2.24) is 15.0 Å². The standard InChI is InChI=1S/C14H10F3N3.C2H6/c1-8-4-2-3-5-10(8)12-19-11-6-9(14(15,16)17)7-18-13(11)20-12;1-2/h2-7H,1H3,(H,18,19,20);1-2H3. The number of benzene rings is 1. The predicted molar refractivity (Wildman–Crippen MR) is 80.4 cm³/mol. The number of hydrogen-bond acceptors (Lipinski definition) is 2. The Morgan fingerprint density at radius 1 is 1.09 bits per heavy atom. The van der Waals surface area contributed by atoms with Gasteiger partial charge in [0, 0.05) is 11.8 Å². The van der Waals surface area contributed by atoms with Crippen LogP contribution >= 0.6 is 0 Å². The molecule has 0 aliphatic rings. The van der Waals surface area contributed by atoms with Crippen LogP contribution in [0.1, 0.15) is 25.0 Å². The summed E-state index contributed by atoms with van der Waals surface area (Å²) in [5.74, 6) is 0.518. The summed E-state index contributed by atoms with van der Waals surface area (Å²) in [6, 6.07) is 8.54. The van der Waals surface area contributed by atoms with Gasteiger partial charge in [-0.05, 0) is 18.6 Å². The van der Waals surface area contributed by atoms with Crippen molar-refractivity contribution in [2.45, 2.75) is 26.9 Å². The smallest absolute Gasteiger partial charge is 0.337 e. The van der Waals surface area contributed by atoms with Crippen LogP contribution in [0.15, 0.2) is 36.5 Å². The van der Waals surface area contributed by atoms with E-state index in [-0.39, 0.29) is 11.2 Å². The Bertz CT molecular complexity index is 776. The van der Waals surface area contributed by atoms with Gasteiger partial charge in [-0.15, -0.1) is 0 Å². The van der Waals surface area contributed by atoms with Crippen molar-refractivity contribution in [3.8, 4) is 11.4 Å². The highest BCUT2D eigenvalue weighted by Crippen LogP contribution is 2.31. The molecule has 3 nitrogen and oxygen atoms in total. The number of halogens is 3. The number of imidazole rings is 1. The van der Waals surface area contributed by atoms with Crippen LogP contribution in [0, 0.1) is 6.92 Å². The molecule has 0 aliphatic heterocycles. The molecule has 0 spiro atoms. The first kappa shape index (κ1) is 16.0. The van der Waals surface area contributed by atoms with Crippen LogP contribution in [-0.4, -0.2) is 15.0 Å². The highest BCUT2D eigenvalue weighted by Gasteiger charge is 2.31. The molecule has 3 aromatic rings. The van der Waals surface area contributed by atoms with Crippen LogP contribution in [0.25, 0.3) is 22.6 Å². The van der Waals surface area contributed by atoms with Crippen molar-refractivity contribution in [3.05, 3.63) is 47.7 Å². The van der Waals surface area contributed by atoms with Crippen LogP contribution in [0.2, 0.25) is 0 Å². The van der Waals surface area contributed by atoms with E-state index in [2.05, 4.69) is 15.0 Å². The van der Waals surface area contributed by atoms with Crippen LogP contribution in [0.4, 0.5) is 13.2 Å². The number of aromatic nitrogens is 3. The Labute approximate surface area is 126 Å². The number of nitrogens with zero attached hydrogens (tertiary/aromatic N) is 2. The molecular formula is C16H16F3N3. The first-order valence-electron chi connectivity index (χ1n) is 6.94. The van der Waals surface area contributed by atoms with E-state index >= 15 is 0 Å². The Kier molecular flexibility index (Phi) is 4.49. The second-order valence-corrected chi connectivity index (χ2v) is 4.49. The van der Waals surface area contributed by atoms with Crippen molar-refractivity contribution in [2.75, 3.05) is 0 Å². The fourth-order valence-corrected chi connectivity index (χ4v) is 2.02. The van der Waals surface area contributed by atoms with E-state index < -0.39 is 11.7 Å². The van der Waals surface area contributed by atoms with Gasteiger partial charge < -0.3 is 4.98 Å². The maximum absolute atomic E-state index is 12.6. The molecule has 0 unspecified atom stereocenters. The summed E-state index contributed by atoms with van der Waals surface area (Å²) < 4.78 is 37.9. The highest BCUT2D eigenvalue weighted by molar-refractivity contribution is 5.77. The molecule has 0 radical (unpaired) electrons. The zero-order chi connectivity index (χ0) is 16.3. The molecule has 1 aromatic carbocycles. The molecule has 0 saturated heterocycles. The number of H-pyrrole nitrogens is 1. The average Bonchev–Trinajstić information content (AvgIpc) is 2.91. The summed E-state index contributed by atoms with van der Waals surface area (Å²) in [6.07, 6.45) is -3.61. The lowest BCUT2D eigenvalue weighted by atomic mass is 10.1. The first-order chi connectivity index (χ1) is 10.4. The summed E-state index contributed by atoms with van der Waals surface area (Å²) in [7, 11) is 0. The maximum atomic E-state index is 12.6. The maximum Gasteiger partial charge on any atom is 0.417 e. The summed E-state index contributed by atoms with van der Waals surface area (Å²) in [5.41, 5.74) is 1.60. The number of fused-ring (bicyclic) bond motifs is 1. The molecule has 0 fully saturated rings. The lowest BCUT2D eigenvalue weighted by Crippen LogP contribution is -2.05. The zero-order valence-electron chi connectivity index (χ0n) is 12.5. The van der Waals surface area contributed by atoms with Gasteiger partial charge in [0.2, 0.25) is 0 Å². The molecule has 0 atom stereocenters. The van der Waals surface area contributed by atoms with Gasteiger partial charge in [0.05, 0.1) is 11.1 Å². The van der Waals surface area contributed by atoms with Crippen LogP contribution in [0.5, 0.6) is 0 Å². The van der Waals surface area contributed by atoms with Crippen molar-refractivity contribution in [1.29, 1.82) is 0 Å². The molecule has 0 saturated carbocycles. The van der Waals surface area contributed by atoms with Crippen molar-refractivity contribution < 1.29 is 13.2 Å². The molecule has 2 aromatic heterocycles. The molecule has 0 amide bonds. The van der Waals surface area contributed by atoms with Gasteiger partial charge in [-0.2, -0.15) is 13.2 Å². The Morgan fingerprint density at radius 3 is 2.41 bits per heavy atom. The summed E-state index contributed by atoms with van der Waals surface area (Å²) >= 11 is 0. The van der Waals surface area contributed by atoms with E-state index in [0.717, 1.165) is 23.4 Å². The van der Waals surface area contributed by atoms with Crippen LogP contribution in [0.3, 0.4) is 0 Å². The topological polar surface area (TPSA) is 41.6 Å². The van der Waals surface area contributed by atoms with E-state index in [4.69, 9.17) is 0 Å². The number of alkyl halides is 3. The van der Waals surface area contributed by atoms with Gasteiger partial charge in [0.25, 0.3) is 0 Å². The monoisotopic (exact) mass is 307 g/mol. The van der Waals surface area contributed by atoms with E-state index in [1.165, 1.54) is 0 Å². The second-order valence-electron chi connectivity index (χ2n) is 4.49. The summed E-state index contributed by atoms with van der Waals surface area (Å²) in [6.45, 7) is 5.91. The minimum atomic E-state index is -4.41. The van der Waals surface area contributed by atoms with Gasteiger partial charge in [-0.25, -0.2) is 9.97 Å². The molecule has 3 rings (SSSR count). The van der Waals surface area contributed by atoms with Gasteiger partial charge >= 0.3 is 6.18 Å². The van der Waals surface area contributed by atoms with Crippen molar-refractivity contribution in [3.63, 3.8) is 0 Å². The summed E-state index contributed by atoms with van der Waals surface area (Å²) in [4.78, 5) is 10.9. The SMILES string of the molecule is CC.Cc1ccccc1-c1nc2ncc(C(F)(F)F)cc2[nH]1. The number of rotatable bonds is 1. The second kappa shape index (κ2) is 6.17. The molecule has 22 heavy (non-hydrogen) atoms. The molecule has 0 aliphatic carbocycles. The van der Waals surface area contributed by atoms with Crippen LogP contribution in [-0.2, 0) is 6.18 Å². The lowest BCUT2D eigenvalue weighted by Gasteiger charge is -2.04. The normalized spacial score (nSPS) is 11.2. The van der Waals surface area contributed by atoms with E-state index in [0.29, 0.717) is 5.82 Å². The fourth-order valence-electron chi connectivity index (χ4n) is 2.02. The number of pyridine rings is 1. The third-order valence-electron chi connectivity index (χ3n) is 3.06. The molecule has 0 bridgehead atoms. The average molecular weight is 307 g/mol. The van der Waals surface area contributed by atoms with E-state index in [1.807, 2.05) is 45.0 Å². The third kappa shape index (κ3) is 3.10. The fraction of sp³-hybridized carbons (Fsp3) is 0.250. The van der Waals surface area contributed by atoms with E-state index in [1.54, 1.807) is 0 Å². The third-order valence-corrected chi connectivity index (χ3v) is 3.06. The minimum absolute atomic E-state index is 0.274. The number of nitrogens with one attached hydrogen (secondary N) is 1. The summed E-state index contributed by atoms with van der Waals surface area (Å²) in [5, 5.41) is 0. The predicted octanol–water partition coefficient (Wildman–Crippen LogP) is 4.98. The lowest BCUT2D eigenvalue weighted by molar-refractivity contribution is -0.137. The molecule has 1 N–H and O–H groups in total.